The number of carbonyl (C=O) groups excluding carboxylic acids is 1. The van der Waals surface area contributed by atoms with Gasteiger partial charge in [0.2, 0.25) is 0 Å². The summed E-state index contributed by atoms with van der Waals surface area (Å²) in [6.45, 7) is -2.34. The molecule has 0 heterocycles. The van der Waals surface area contributed by atoms with Crippen molar-refractivity contribution in [1.29, 1.82) is 0 Å². The van der Waals surface area contributed by atoms with Crippen molar-refractivity contribution in [2.24, 2.45) is 0 Å². The topological polar surface area (TPSA) is 93.8 Å². The predicted octanol–water partition coefficient (Wildman–Crippen LogP) is 0.643. The summed E-state index contributed by atoms with van der Waals surface area (Å²) in [6, 6.07) is 2.65. The van der Waals surface area contributed by atoms with Gasteiger partial charge in [0.05, 0.1) is 26.3 Å². The maximum atomic E-state index is 12.9. The number of nitrogen functional groups attached to an aromatic ring is 1. The number of benzene rings is 1. The largest absolute Gasteiger partial charge is 0.493 e. The smallest absolute Gasteiger partial charge is 0.287 e. The van der Waals surface area contributed by atoms with E-state index in [0.29, 0.717) is 5.75 Å². The Bertz CT molecular complexity index is 495. The van der Waals surface area contributed by atoms with Crippen LogP contribution in [0.5, 0.6) is 11.5 Å². The summed E-state index contributed by atoms with van der Waals surface area (Å²) in [7, 11) is 2.77. The summed E-state index contributed by atoms with van der Waals surface area (Å²) in [5.74, 6) is -3.61. The molecule has 112 valence electrons. The van der Waals surface area contributed by atoms with Gasteiger partial charge in [0.25, 0.3) is 11.8 Å². The number of hydrogen-bond donors (Lipinski definition) is 3. The predicted molar refractivity (Wildman–Crippen MR) is 68.3 cm³/mol. The van der Waals surface area contributed by atoms with Crippen LogP contribution >= 0.6 is 0 Å². The number of aliphatic hydroxyl groups excluding tert-OH is 1. The van der Waals surface area contributed by atoms with Gasteiger partial charge >= 0.3 is 0 Å². The molecule has 8 heteroatoms. The van der Waals surface area contributed by atoms with Gasteiger partial charge in [0.1, 0.15) is 6.61 Å². The van der Waals surface area contributed by atoms with Crippen molar-refractivity contribution in [2.75, 3.05) is 33.1 Å². The number of rotatable bonds is 6. The lowest BCUT2D eigenvalue weighted by Gasteiger charge is -2.16. The highest BCUT2D eigenvalue weighted by atomic mass is 19.3. The van der Waals surface area contributed by atoms with E-state index in [0.717, 1.165) is 0 Å². The van der Waals surface area contributed by atoms with Crippen LogP contribution in [-0.2, 0) is 0 Å². The van der Waals surface area contributed by atoms with Crippen molar-refractivity contribution in [3.05, 3.63) is 17.7 Å². The van der Waals surface area contributed by atoms with Crippen LogP contribution in [0.1, 0.15) is 10.4 Å². The Labute approximate surface area is 114 Å². The van der Waals surface area contributed by atoms with Crippen molar-refractivity contribution in [2.45, 2.75) is 5.92 Å². The average molecular weight is 290 g/mol. The van der Waals surface area contributed by atoms with Crippen molar-refractivity contribution < 1.29 is 28.2 Å². The van der Waals surface area contributed by atoms with Gasteiger partial charge in [-0.05, 0) is 6.07 Å². The maximum absolute atomic E-state index is 12.9. The number of hydrogen-bond acceptors (Lipinski definition) is 5. The number of halogens is 2. The zero-order valence-corrected chi connectivity index (χ0v) is 11.1. The third-order valence-corrected chi connectivity index (χ3v) is 2.54. The summed E-state index contributed by atoms with van der Waals surface area (Å²) in [4.78, 5) is 11.8. The quantitative estimate of drug-likeness (QED) is 0.669. The number of ether oxygens (including phenoxy) is 2. The first-order valence-corrected chi connectivity index (χ1v) is 5.63. The molecule has 0 unspecified atom stereocenters. The molecular formula is C12H16F2N2O4. The zero-order chi connectivity index (χ0) is 15.3. The Kier molecular flexibility index (Phi) is 5.09. The molecule has 0 atom stereocenters. The van der Waals surface area contributed by atoms with E-state index in [2.05, 4.69) is 0 Å². The number of nitrogens with one attached hydrogen (secondary N) is 1. The molecule has 4 N–H and O–H groups in total. The minimum absolute atomic E-state index is 0.0172. The molecule has 0 aliphatic heterocycles. The molecule has 0 spiro atoms. The van der Waals surface area contributed by atoms with Crippen LogP contribution in [0.25, 0.3) is 0 Å². The van der Waals surface area contributed by atoms with Crippen LogP contribution in [0.15, 0.2) is 12.1 Å². The lowest BCUT2D eigenvalue weighted by molar-refractivity contribution is -0.0461. The van der Waals surface area contributed by atoms with Crippen LogP contribution in [0, 0.1) is 0 Å². The van der Waals surface area contributed by atoms with E-state index in [4.69, 9.17) is 20.3 Å². The van der Waals surface area contributed by atoms with Crippen LogP contribution in [0.2, 0.25) is 0 Å². The van der Waals surface area contributed by atoms with Gasteiger partial charge in [-0.1, -0.05) is 0 Å². The van der Waals surface area contributed by atoms with Gasteiger partial charge < -0.3 is 25.6 Å². The number of aliphatic hydroxyl groups is 1. The Balaban J connectivity index is 2.93. The standard InChI is InChI=1S/C12H16F2N2O4/c1-19-9-3-7(8(15)4-10(9)20-2)11(18)16-5-12(13,14)6-17/h3-4,17H,5-6,15H2,1-2H3,(H,16,18). The Morgan fingerprint density at radius 3 is 2.40 bits per heavy atom. The molecular weight excluding hydrogens is 274 g/mol. The first kappa shape index (κ1) is 16.0. The average Bonchev–Trinajstić information content (AvgIpc) is 2.44. The summed E-state index contributed by atoms with van der Waals surface area (Å²) in [5, 5.41) is 10.4. The second-order valence-corrected chi connectivity index (χ2v) is 3.99. The van der Waals surface area contributed by atoms with E-state index in [1.807, 2.05) is 5.32 Å². The number of alkyl halides is 2. The molecule has 0 aromatic heterocycles. The first-order valence-electron chi connectivity index (χ1n) is 5.63. The van der Waals surface area contributed by atoms with Crippen molar-refractivity contribution >= 4 is 11.6 Å². The van der Waals surface area contributed by atoms with E-state index in [1.165, 1.54) is 26.4 Å². The fourth-order valence-electron chi connectivity index (χ4n) is 1.45. The summed E-state index contributed by atoms with van der Waals surface area (Å²) < 4.78 is 35.7. The number of carbonyl (C=O) groups is 1. The highest BCUT2D eigenvalue weighted by molar-refractivity contribution is 6.00. The van der Waals surface area contributed by atoms with Gasteiger partial charge in [0, 0.05) is 11.8 Å². The van der Waals surface area contributed by atoms with E-state index < -0.39 is 25.0 Å². The molecule has 0 saturated heterocycles. The highest BCUT2D eigenvalue weighted by Gasteiger charge is 2.28. The van der Waals surface area contributed by atoms with E-state index in [1.54, 1.807) is 0 Å². The van der Waals surface area contributed by atoms with Crippen LogP contribution in [0.3, 0.4) is 0 Å². The molecule has 1 aromatic carbocycles. The third-order valence-electron chi connectivity index (χ3n) is 2.54. The van der Waals surface area contributed by atoms with Crippen LogP contribution < -0.4 is 20.5 Å². The minimum Gasteiger partial charge on any atom is -0.493 e. The number of amides is 1. The molecule has 0 radical (unpaired) electrons. The lowest BCUT2D eigenvalue weighted by atomic mass is 10.1. The molecule has 1 rings (SSSR count). The van der Waals surface area contributed by atoms with E-state index >= 15 is 0 Å². The van der Waals surface area contributed by atoms with Gasteiger partial charge in [-0.15, -0.1) is 0 Å². The molecule has 1 amide bonds. The fraction of sp³-hybridized carbons (Fsp3) is 0.417. The third kappa shape index (κ3) is 3.70. The summed E-state index contributed by atoms with van der Waals surface area (Å²) >= 11 is 0. The molecule has 0 fully saturated rings. The van der Waals surface area contributed by atoms with Gasteiger partial charge in [0.15, 0.2) is 11.5 Å². The number of methoxy groups -OCH3 is 2. The van der Waals surface area contributed by atoms with Gasteiger partial charge in [-0.2, -0.15) is 0 Å². The van der Waals surface area contributed by atoms with Crippen molar-refractivity contribution in [1.82, 2.24) is 5.32 Å². The van der Waals surface area contributed by atoms with Crippen LogP contribution in [0.4, 0.5) is 14.5 Å². The molecule has 1 aromatic rings. The molecule has 0 aliphatic rings. The summed E-state index contributed by atoms with van der Waals surface area (Å²) in [5.41, 5.74) is 5.71. The van der Waals surface area contributed by atoms with Gasteiger partial charge in [-0.3, -0.25) is 4.79 Å². The highest BCUT2D eigenvalue weighted by Crippen LogP contribution is 2.31. The lowest BCUT2D eigenvalue weighted by Crippen LogP contribution is -2.39. The first-order chi connectivity index (χ1) is 9.34. The molecule has 0 saturated carbocycles. The molecule has 6 nitrogen and oxygen atoms in total. The molecule has 20 heavy (non-hydrogen) atoms. The molecule has 0 aliphatic carbocycles. The molecule has 0 bridgehead atoms. The number of anilines is 1. The second-order valence-electron chi connectivity index (χ2n) is 3.99. The van der Waals surface area contributed by atoms with E-state index in [-0.39, 0.29) is 17.0 Å². The normalized spacial score (nSPS) is 11.1. The Morgan fingerprint density at radius 2 is 1.90 bits per heavy atom. The maximum Gasteiger partial charge on any atom is 0.287 e. The summed E-state index contributed by atoms with van der Waals surface area (Å²) in [6.07, 6.45) is 0. The van der Waals surface area contributed by atoms with Crippen molar-refractivity contribution in [3.63, 3.8) is 0 Å². The number of nitrogens with two attached hydrogens (primary N) is 1. The second kappa shape index (κ2) is 6.38. The minimum atomic E-state index is -3.39. The fourth-order valence-corrected chi connectivity index (χ4v) is 1.45. The zero-order valence-electron chi connectivity index (χ0n) is 11.1. The van der Waals surface area contributed by atoms with Gasteiger partial charge in [-0.25, -0.2) is 8.78 Å². The van der Waals surface area contributed by atoms with E-state index in [9.17, 15) is 13.6 Å². The van der Waals surface area contributed by atoms with Crippen molar-refractivity contribution in [3.8, 4) is 11.5 Å². The van der Waals surface area contributed by atoms with Crippen LogP contribution in [-0.4, -0.2) is 44.3 Å². The Hall–Kier alpha value is -2.09. The Morgan fingerprint density at radius 1 is 1.35 bits per heavy atom. The monoisotopic (exact) mass is 290 g/mol. The SMILES string of the molecule is COc1cc(N)c(C(=O)NCC(F)(F)CO)cc1OC.